The molecule has 1 fully saturated rings. The number of nitrogens with zero attached hydrogens (tertiary/aromatic N) is 2. The summed E-state index contributed by atoms with van der Waals surface area (Å²) in [5.41, 5.74) is 0. The van der Waals surface area contributed by atoms with Crippen LogP contribution in [0.3, 0.4) is 0 Å². The summed E-state index contributed by atoms with van der Waals surface area (Å²) in [6, 6.07) is -0.277. The van der Waals surface area contributed by atoms with Crippen LogP contribution in [0.1, 0.15) is 12.8 Å². The van der Waals surface area contributed by atoms with Gasteiger partial charge in [-0.3, -0.25) is 4.79 Å². The number of hydrogen-bond donors (Lipinski definition) is 1. The zero-order valence-electron chi connectivity index (χ0n) is 12.4. The highest BCUT2D eigenvalue weighted by atomic mass is 32.2. The van der Waals surface area contributed by atoms with Crippen molar-refractivity contribution in [2.24, 2.45) is 0 Å². The van der Waals surface area contributed by atoms with Crippen molar-refractivity contribution in [3.8, 4) is 0 Å². The van der Waals surface area contributed by atoms with E-state index in [9.17, 15) is 18.0 Å². The van der Waals surface area contributed by atoms with Crippen molar-refractivity contribution in [2.45, 2.75) is 18.9 Å². The molecule has 1 aliphatic heterocycles. The minimum Gasteiger partial charge on any atom is -0.469 e. The monoisotopic (exact) mass is 323 g/mol. The number of methoxy groups -OCH3 is 2. The molecule has 1 rings (SSSR count). The van der Waals surface area contributed by atoms with Crippen molar-refractivity contribution < 1.29 is 27.5 Å². The molecule has 122 valence electrons. The smallest absolute Gasteiger partial charge is 0.407 e. The highest BCUT2D eigenvalue weighted by molar-refractivity contribution is 7.86. The third-order valence-corrected chi connectivity index (χ3v) is 5.19. The minimum atomic E-state index is -3.65. The lowest BCUT2D eigenvalue weighted by molar-refractivity contribution is -0.140. The Balaban J connectivity index is 2.55. The first-order valence-corrected chi connectivity index (χ1v) is 7.83. The maximum atomic E-state index is 12.3. The maximum absolute atomic E-state index is 12.3. The Hall–Kier alpha value is -1.39. The van der Waals surface area contributed by atoms with Crippen LogP contribution in [-0.4, -0.2) is 76.0 Å². The van der Waals surface area contributed by atoms with Crippen molar-refractivity contribution >= 4 is 22.3 Å². The number of esters is 1. The summed E-state index contributed by atoms with van der Waals surface area (Å²) >= 11 is 0. The van der Waals surface area contributed by atoms with E-state index < -0.39 is 22.3 Å². The molecular weight excluding hydrogens is 302 g/mol. The number of hydrogen-bond acceptors (Lipinski definition) is 6. The van der Waals surface area contributed by atoms with E-state index in [4.69, 9.17) is 0 Å². The zero-order chi connectivity index (χ0) is 16.0. The largest absolute Gasteiger partial charge is 0.469 e. The average Bonchev–Trinajstić information content (AvgIpc) is 2.93. The molecule has 0 aliphatic carbocycles. The van der Waals surface area contributed by atoms with Crippen molar-refractivity contribution in [3.63, 3.8) is 0 Å². The Morgan fingerprint density at radius 2 is 2.00 bits per heavy atom. The predicted octanol–water partition coefficient (Wildman–Crippen LogP) is -0.844. The van der Waals surface area contributed by atoms with Gasteiger partial charge in [0.1, 0.15) is 0 Å². The fraction of sp³-hybridized carbons (Fsp3) is 0.818. The molecule has 1 heterocycles. The van der Waals surface area contributed by atoms with Gasteiger partial charge in [-0.1, -0.05) is 0 Å². The SMILES string of the molecule is COC(=O)CCN(C)S(=O)(=O)N1CCC(NC(=O)OC)C1. The Labute approximate surface area is 124 Å². The van der Waals surface area contributed by atoms with E-state index in [1.165, 1.54) is 25.6 Å². The van der Waals surface area contributed by atoms with Gasteiger partial charge in [-0.05, 0) is 6.42 Å². The van der Waals surface area contributed by atoms with E-state index in [2.05, 4.69) is 14.8 Å². The number of alkyl carbamates (subject to hydrolysis) is 1. The summed E-state index contributed by atoms with van der Waals surface area (Å²) in [5.74, 6) is -0.469. The summed E-state index contributed by atoms with van der Waals surface area (Å²) in [6.45, 7) is 0.528. The van der Waals surface area contributed by atoms with Crippen LogP contribution in [0, 0.1) is 0 Å². The number of carbonyl (C=O) groups excluding carboxylic acids is 2. The van der Waals surface area contributed by atoms with Gasteiger partial charge in [-0.15, -0.1) is 0 Å². The van der Waals surface area contributed by atoms with E-state index in [0.29, 0.717) is 13.0 Å². The summed E-state index contributed by atoms with van der Waals surface area (Å²) in [4.78, 5) is 22.2. The first kappa shape index (κ1) is 17.7. The predicted molar refractivity (Wildman–Crippen MR) is 73.7 cm³/mol. The standard InChI is InChI=1S/C11H21N3O6S/c1-13(6-5-10(15)19-2)21(17,18)14-7-4-9(8-14)12-11(16)20-3/h9H,4-8H2,1-3H3,(H,12,16). The normalized spacial score (nSPS) is 19.5. The van der Waals surface area contributed by atoms with E-state index in [1.807, 2.05) is 0 Å². The highest BCUT2D eigenvalue weighted by Gasteiger charge is 2.34. The first-order chi connectivity index (χ1) is 9.81. The van der Waals surface area contributed by atoms with Gasteiger partial charge in [0.15, 0.2) is 0 Å². The Bertz CT molecular complexity index is 480. The van der Waals surface area contributed by atoms with Crippen LogP contribution >= 0.6 is 0 Å². The van der Waals surface area contributed by atoms with Gasteiger partial charge in [0.2, 0.25) is 0 Å². The fourth-order valence-electron chi connectivity index (χ4n) is 1.94. The number of rotatable bonds is 6. The van der Waals surface area contributed by atoms with Crippen LogP contribution in [0.15, 0.2) is 0 Å². The summed E-state index contributed by atoms with van der Waals surface area (Å²) < 4.78 is 35.9. The number of carbonyl (C=O) groups is 2. The van der Waals surface area contributed by atoms with Gasteiger partial charge in [-0.2, -0.15) is 17.0 Å². The lowest BCUT2D eigenvalue weighted by Gasteiger charge is -2.23. The molecule has 1 saturated heterocycles. The molecule has 1 unspecified atom stereocenters. The molecule has 0 spiro atoms. The Morgan fingerprint density at radius 1 is 1.33 bits per heavy atom. The fourth-order valence-corrected chi connectivity index (χ4v) is 3.37. The van der Waals surface area contributed by atoms with Crippen LogP contribution < -0.4 is 5.32 Å². The molecule has 10 heteroatoms. The molecule has 0 bridgehead atoms. The molecule has 0 aromatic heterocycles. The number of ether oxygens (including phenoxy) is 2. The van der Waals surface area contributed by atoms with Gasteiger partial charge in [0.05, 0.1) is 20.6 Å². The zero-order valence-corrected chi connectivity index (χ0v) is 13.2. The van der Waals surface area contributed by atoms with Crippen molar-refractivity contribution in [1.29, 1.82) is 0 Å². The molecule has 0 aromatic rings. The van der Waals surface area contributed by atoms with Gasteiger partial charge < -0.3 is 14.8 Å². The van der Waals surface area contributed by atoms with Crippen LogP contribution in [0.5, 0.6) is 0 Å². The van der Waals surface area contributed by atoms with Crippen LogP contribution in [0.2, 0.25) is 0 Å². The Morgan fingerprint density at radius 3 is 2.57 bits per heavy atom. The number of nitrogens with one attached hydrogen (secondary N) is 1. The first-order valence-electron chi connectivity index (χ1n) is 6.44. The van der Waals surface area contributed by atoms with E-state index in [-0.39, 0.29) is 25.6 Å². The second-order valence-electron chi connectivity index (χ2n) is 4.63. The summed E-state index contributed by atoms with van der Waals surface area (Å²) in [5, 5.41) is 2.57. The Kier molecular flexibility index (Phi) is 6.37. The molecule has 1 aliphatic rings. The minimum absolute atomic E-state index is 0.0100. The third kappa shape index (κ3) is 4.83. The maximum Gasteiger partial charge on any atom is 0.407 e. The van der Waals surface area contributed by atoms with Crippen molar-refractivity contribution in [1.82, 2.24) is 13.9 Å². The van der Waals surface area contributed by atoms with Crippen molar-refractivity contribution in [2.75, 3.05) is 40.9 Å². The van der Waals surface area contributed by atoms with Gasteiger partial charge in [-0.25, -0.2) is 4.79 Å². The molecule has 1 N–H and O–H groups in total. The van der Waals surface area contributed by atoms with Crippen LogP contribution in [0.25, 0.3) is 0 Å². The van der Waals surface area contributed by atoms with Gasteiger partial charge >= 0.3 is 12.1 Å². The molecule has 9 nitrogen and oxygen atoms in total. The summed E-state index contributed by atoms with van der Waals surface area (Å²) in [7, 11) is 0.251. The van der Waals surface area contributed by atoms with Crippen LogP contribution in [-0.2, 0) is 24.5 Å². The quantitative estimate of drug-likeness (QED) is 0.639. The average molecular weight is 323 g/mol. The lowest BCUT2D eigenvalue weighted by Crippen LogP contribution is -2.43. The molecule has 0 saturated carbocycles. The molecule has 1 atom stereocenters. The molecule has 21 heavy (non-hydrogen) atoms. The van der Waals surface area contributed by atoms with E-state index in [1.54, 1.807) is 0 Å². The molecular formula is C11H21N3O6S. The lowest BCUT2D eigenvalue weighted by atomic mass is 10.3. The van der Waals surface area contributed by atoms with Crippen LogP contribution in [0.4, 0.5) is 4.79 Å². The topological polar surface area (TPSA) is 105 Å². The van der Waals surface area contributed by atoms with E-state index in [0.717, 1.165) is 4.31 Å². The molecule has 0 radical (unpaired) electrons. The number of amides is 1. The summed E-state index contributed by atoms with van der Waals surface area (Å²) in [6.07, 6.45) is -0.0819. The van der Waals surface area contributed by atoms with Gasteiger partial charge in [0.25, 0.3) is 10.2 Å². The van der Waals surface area contributed by atoms with E-state index >= 15 is 0 Å². The molecule has 0 aromatic carbocycles. The second-order valence-corrected chi connectivity index (χ2v) is 6.67. The highest BCUT2D eigenvalue weighted by Crippen LogP contribution is 2.16. The van der Waals surface area contributed by atoms with Gasteiger partial charge in [0, 0.05) is 32.7 Å². The third-order valence-electron chi connectivity index (χ3n) is 3.24. The molecule has 1 amide bonds. The van der Waals surface area contributed by atoms with Crippen molar-refractivity contribution in [3.05, 3.63) is 0 Å². The second kappa shape index (κ2) is 7.57.